The Bertz CT molecular complexity index is 403. The summed E-state index contributed by atoms with van der Waals surface area (Å²) in [6.45, 7) is 2.87. The molecule has 0 saturated carbocycles. The summed E-state index contributed by atoms with van der Waals surface area (Å²) in [4.78, 5) is 13.8. The van der Waals surface area contributed by atoms with Gasteiger partial charge in [-0.1, -0.05) is 19.1 Å². The molecule has 98 valence electrons. The van der Waals surface area contributed by atoms with Crippen molar-refractivity contribution in [1.29, 1.82) is 0 Å². The van der Waals surface area contributed by atoms with Crippen LogP contribution in [0.25, 0.3) is 0 Å². The molecule has 0 aromatic heterocycles. The number of nitrogens with one attached hydrogen (secondary N) is 1. The predicted octanol–water partition coefficient (Wildman–Crippen LogP) is 2.24. The van der Waals surface area contributed by atoms with Gasteiger partial charge in [-0.05, 0) is 37.0 Å². The third-order valence-corrected chi connectivity index (χ3v) is 3.46. The van der Waals surface area contributed by atoms with E-state index in [-0.39, 0.29) is 18.7 Å². The standard InChI is InChI=1S/C14H20N2O2/c1-2-11-5-7-12(8-6-11)15-14(18)16-9-3-4-13(16)10-17/h5-8,13,17H,2-4,9-10H2,1H3,(H,15,18)/t13-/m0/s1. The summed E-state index contributed by atoms with van der Waals surface area (Å²) in [5, 5.41) is 12.1. The summed E-state index contributed by atoms with van der Waals surface area (Å²) >= 11 is 0. The lowest BCUT2D eigenvalue weighted by Gasteiger charge is -2.23. The number of anilines is 1. The number of rotatable bonds is 3. The van der Waals surface area contributed by atoms with Crippen LogP contribution >= 0.6 is 0 Å². The van der Waals surface area contributed by atoms with Crippen LogP contribution in [0.5, 0.6) is 0 Å². The van der Waals surface area contributed by atoms with Gasteiger partial charge in [0.2, 0.25) is 0 Å². The minimum Gasteiger partial charge on any atom is -0.394 e. The summed E-state index contributed by atoms with van der Waals surface area (Å²) in [6.07, 6.45) is 2.85. The second-order valence-electron chi connectivity index (χ2n) is 4.65. The van der Waals surface area contributed by atoms with Gasteiger partial charge in [0.15, 0.2) is 0 Å². The maximum Gasteiger partial charge on any atom is 0.322 e. The van der Waals surface area contributed by atoms with Crippen LogP contribution in [-0.2, 0) is 6.42 Å². The molecule has 4 heteroatoms. The minimum atomic E-state index is -0.115. The Morgan fingerprint density at radius 2 is 2.17 bits per heavy atom. The predicted molar refractivity (Wildman–Crippen MR) is 71.7 cm³/mol. The Hall–Kier alpha value is -1.55. The molecule has 1 saturated heterocycles. The first-order valence-corrected chi connectivity index (χ1v) is 6.52. The molecular weight excluding hydrogens is 228 g/mol. The smallest absolute Gasteiger partial charge is 0.322 e. The Morgan fingerprint density at radius 3 is 2.78 bits per heavy atom. The van der Waals surface area contributed by atoms with Gasteiger partial charge in [0, 0.05) is 12.2 Å². The second-order valence-corrected chi connectivity index (χ2v) is 4.65. The number of nitrogens with zero attached hydrogens (tertiary/aromatic N) is 1. The Labute approximate surface area is 108 Å². The van der Waals surface area contributed by atoms with Crippen molar-refractivity contribution in [3.05, 3.63) is 29.8 Å². The summed E-state index contributed by atoms with van der Waals surface area (Å²) in [5.74, 6) is 0. The zero-order valence-electron chi connectivity index (χ0n) is 10.7. The average Bonchev–Trinajstić information content (AvgIpc) is 2.88. The van der Waals surface area contributed by atoms with E-state index in [2.05, 4.69) is 12.2 Å². The Morgan fingerprint density at radius 1 is 1.44 bits per heavy atom. The van der Waals surface area contributed by atoms with Gasteiger partial charge >= 0.3 is 6.03 Å². The molecule has 1 aliphatic rings. The number of aliphatic hydroxyl groups excluding tert-OH is 1. The van der Waals surface area contributed by atoms with Crippen LogP contribution in [0.2, 0.25) is 0 Å². The molecule has 1 aromatic carbocycles. The van der Waals surface area contributed by atoms with Crippen LogP contribution < -0.4 is 5.32 Å². The number of aliphatic hydroxyl groups is 1. The third-order valence-electron chi connectivity index (χ3n) is 3.46. The van der Waals surface area contributed by atoms with Crippen molar-refractivity contribution in [1.82, 2.24) is 4.90 Å². The van der Waals surface area contributed by atoms with E-state index in [4.69, 9.17) is 0 Å². The second kappa shape index (κ2) is 5.87. The molecule has 0 bridgehead atoms. The number of likely N-dealkylation sites (tertiary alicyclic amines) is 1. The number of carbonyl (C=O) groups is 1. The lowest BCUT2D eigenvalue weighted by Crippen LogP contribution is -2.40. The molecule has 2 N–H and O–H groups in total. The molecule has 1 aliphatic heterocycles. The first-order chi connectivity index (χ1) is 8.74. The molecule has 1 fully saturated rings. The third kappa shape index (κ3) is 2.82. The normalized spacial score (nSPS) is 19.0. The number of hydrogen-bond acceptors (Lipinski definition) is 2. The molecule has 1 heterocycles. The SMILES string of the molecule is CCc1ccc(NC(=O)N2CCC[C@H]2CO)cc1. The molecule has 1 atom stereocenters. The van der Waals surface area contributed by atoms with Crippen LogP contribution in [0, 0.1) is 0 Å². The fraction of sp³-hybridized carbons (Fsp3) is 0.500. The molecule has 2 amide bonds. The first kappa shape index (κ1) is 12.9. The van der Waals surface area contributed by atoms with Crippen LogP contribution in [0.3, 0.4) is 0 Å². The van der Waals surface area contributed by atoms with Crippen molar-refractivity contribution >= 4 is 11.7 Å². The largest absolute Gasteiger partial charge is 0.394 e. The molecule has 0 spiro atoms. The summed E-state index contributed by atoms with van der Waals surface area (Å²) < 4.78 is 0. The van der Waals surface area contributed by atoms with Gasteiger partial charge in [-0.15, -0.1) is 0 Å². The van der Waals surface area contributed by atoms with Gasteiger partial charge in [-0.2, -0.15) is 0 Å². The van der Waals surface area contributed by atoms with Gasteiger partial charge in [0.05, 0.1) is 12.6 Å². The van der Waals surface area contributed by atoms with E-state index in [0.717, 1.165) is 31.5 Å². The summed E-state index contributed by atoms with van der Waals surface area (Å²) in [5.41, 5.74) is 2.06. The van der Waals surface area contributed by atoms with Crippen LogP contribution in [0.4, 0.5) is 10.5 Å². The van der Waals surface area contributed by atoms with Crippen molar-refractivity contribution in [2.24, 2.45) is 0 Å². The highest BCUT2D eigenvalue weighted by Gasteiger charge is 2.27. The molecular formula is C14H20N2O2. The molecule has 0 unspecified atom stereocenters. The zero-order chi connectivity index (χ0) is 13.0. The Kier molecular flexibility index (Phi) is 4.20. The zero-order valence-corrected chi connectivity index (χ0v) is 10.7. The maximum absolute atomic E-state index is 12.0. The molecule has 4 nitrogen and oxygen atoms in total. The van der Waals surface area contributed by atoms with Gasteiger partial charge in [-0.25, -0.2) is 4.79 Å². The molecule has 0 aliphatic carbocycles. The fourth-order valence-corrected chi connectivity index (χ4v) is 2.31. The maximum atomic E-state index is 12.0. The van der Waals surface area contributed by atoms with Gasteiger partial charge in [0.1, 0.15) is 0 Å². The minimum absolute atomic E-state index is 0.0279. The number of benzene rings is 1. The first-order valence-electron chi connectivity index (χ1n) is 6.52. The molecule has 1 aromatic rings. The number of amides is 2. The van der Waals surface area contributed by atoms with E-state index in [1.165, 1.54) is 5.56 Å². The van der Waals surface area contributed by atoms with E-state index in [9.17, 15) is 9.90 Å². The lowest BCUT2D eigenvalue weighted by atomic mass is 10.1. The van der Waals surface area contributed by atoms with Gasteiger partial charge in [0.25, 0.3) is 0 Å². The van der Waals surface area contributed by atoms with Crippen molar-refractivity contribution in [3.63, 3.8) is 0 Å². The van der Waals surface area contributed by atoms with Gasteiger partial charge < -0.3 is 15.3 Å². The van der Waals surface area contributed by atoms with E-state index in [0.29, 0.717) is 0 Å². The van der Waals surface area contributed by atoms with Crippen LogP contribution in [0.1, 0.15) is 25.3 Å². The lowest BCUT2D eigenvalue weighted by molar-refractivity contribution is 0.166. The van der Waals surface area contributed by atoms with Crippen molar-refractivity contribution in [3.8, 4) is 0 Å². The van der Waals surface area contributed by atoms with Gasteiger partial charge in [-0.3, -0.25) is 0 Å². The molecule has 0 radical (unpaired) electrons. The highest BCUT2D eigenvalue weighted by Crippen LogP contribution is 2.18. The highest BCUT2D eigenvalue weighted by molar-refractivity contribution is 5.89. The van der Waals surface area contributed by atoms with E-state index in [1.807, 2.05) is 24.3 Å². The summed E-state index contributed by atoms with van der Waals surface area (Å²) in [7, 11) is 0. The van der Waals surface area contributed by atoms with Crippen LogP contribution in [0.15, 0.2) is 24.3 Å². The van der Waals surface area contributed by atoms with E-state index < -0.39 is 0 Å². The van der Waals surface area contributed by atoms with Crippen molar-refractivity contribution in [2.75, 3.05) is 18.5 Å². The van der Waals surface area contributed by atoms with Crippen molar-refractivity contribution < 1.29 is 9.90 Å². The number of hydrogen-bond donors (Lipinski definition) is 2. The highest BCUT2D eigenvalue weighted by atomic mass is 16.3. The Balaban J connectivity index is 1.97. The van der Waals surface area contributed by atoms with E-state index >= 15 is 0 Å². The average molecular weight is 248 g/mol. The summed E-state index contributed by atoms with van der Waals surface area (Å²) in [6, 6.07) is 7.73. The van der Waals surface area contributed by atoms with Crippen LogP contribution in [-0.4, -0.2) is 35.2 Å². The van der Waals surface area contributed by atoms with Crippen molar-refractivity contribution in [2.45, 2.75) is 32.2 Å². The fourth-order valence-electron chi connectivity index (χ4n) is 2.31. The monoisotopic (exact) mass is 248 g/mol. The number of urea groups is 1. The quantitative estimate of drug-likeness (QED) is 0.862. The number of carbonyl (C=O) groups excluding carboxylic acids is 1. The van der Waals surface area contributed by atoms with E-state index in [1.54, 1.807) is 4.90 Å². The molecule has 18 heavy (non-hydrogen) atoms. The topological polar surface area (TPSA) is 52.6 Å². The number of aryl methyl sites for hydroxylation is 1. The molecule has 2 rings (SSSR count).